The van der Waals surface area contributed by atoms with Crippen LogP contribution >= 0.6 is 0 Å². The summed E-state index contributed by atoms with van der Waals surface area (Å²) in [4.78, 5) is 10.0. The first-order valence-electron chi connectivity index (χ1n) is 13.3. The standard InChI is InChI=1S/C20H43N.C8H8O3/c1-3-5-7-9-11-13-15-17-19-21-20-18-16-14-12-10-8-6-4-2;9-8(10)6-11-7-4-2-1-3-5-7/h21H,3-20H2,1-2H3;1-5H,6H2,(H,9,10). The zero-order valence-corrected chi connectivity index (χ0v) is 21.1. The molecule has 0 fully saturated rings. The van der Waals surface area contributed by atoms with E-state index in [1.807, 2.05) is 6.07 Å². The Bertz CT molecular complexity index is 475. The highest BCUT2D eigenvalue weighted by Crippen LogP contribution is 2.09. The molecule has 0 aliphatic heterocycles. The fourth-order valence-electron chi connectivity index (χ4n) is 3.55. The molecule has 0 saturated heterocycles. The maximum atomic E-state index is 10.0. The number of hydrogen-bond donors (Lipinski definition) is 2. The third-order valence-electron chi connectivity index (χ3n) is 5.52. The minimum absolute atomic E-state index is 0.288. The van der Waals surface area contributed by atoms with Crippen molar-refractivity contribution in [1.29, 1.82) is 0 Å². The number of aliphatic carboxylic acids is 1. The number of carboxylic acids is 1. The van der Waals surface area contributed by atoms with E-state index >= 15 is 0 Å². The SMILES string of the molecule is CCCCCCCCCCNCCCCCCCCCC.O=C(O)COc1ccccc1. The molecule has 0 atom stereocenters. The molecule has 0 aliphatic carbocycles. The van der Waals surface area contributed by atoms with Crippen molar-refractivity contribution < 1.29 is 14.6 Å². The predicted molar refractivity (Wildman–Crippen MR) is 138 cm³/mol. The summed E-state index contributed by atoms with van der Waals surface area (Å²) in [6.07, 6.45) is 22.8. The van der Waals surface area contributed by atoms with Gasteiger partial charge in [-0.15, -0.1) is 0 Å². The van der Waals surface area contributed by atoms with Crippen molar-refractivity contribution in [2.45, 2.75) is 117 Å². The number of para-hydroxylation sites is 1. The molecule has 1 aromatic rings. The number of nitrogens with one attached hydrogen (secondary N) is 1. The second kappa shape index (κ2) is 25.7. The minimum Gasteiger partial charge on any atom is -0.482 e. The van der Waals surface area contributed by atoms with Crippen molar-refractivity contribution in [3.63, 3.8) is 0 Å². The van der Waals surface area contributed by atoms with Crippen molar-refractivity contribution in [1.82, 2.24) is 5.32 Å². The first kappa shape index (κ1) is 30.4. The number of carbonyl (C=O) groups is 1. The Morgan fingerprint density at radius 2 is 1.09 bits per heavy atom. The molecule has 4 nitrogen and oxygen atoms in total. The molecule has 0 unspecified atom stereocenters. The minimum atomic E-state index is -0.964. The molecule has 0 saturated carbocycles. The van der Waals surface area contributed by atoms with Crippen LogP contribution in [-0.4, -0.2) is 30.8 Å². The summed E-state index contributed by atoms with van der Waals surface area (Å²) in [5.41, 5.74) is 0. The fourth-order valence-corrected chi connectivity index (χ4v) is 3.55. The summed E-state index contributed by atoms with van der Waals surface area (Å²) in [6, 6.07) is 8.84. The van der Waals surface area contributed by atoms with E-state index in [2.05, 4.69) is 19.2 Å². The first-order chi connectivity index (χ1) is 15.7. The van der Waals surface area contributed by atoms with E-state index in [-0.39, 0.29) is 6.61 Å². The topological polar surface area (TPSA) is 58.6 Å². The Labute approximate surface area is 198 Å². The lowest BCUT2D eigenvalue weighted by Crippen LogP contribution is -2.16. The zero-order valence-electron chi connectivity index (χ0n) is 21.1. The number of benzene rings is 1. The molecule has 0 aliphatic rings. The molecule has 1 aromatic carbocycles. The van der Waals surface area contributed by atoms with Crippen molar-refractivity contribution in [3.05, 3.63) is 30.3 Å². The van der Waals surface area contributed by atoms with Gasteiger partial charge in [-0.3, -0.25) is 0 Å². The van der Waals surface area contributed by atoms with Crippen LogP contribution in [0.5, 0.6) is 5.75 Å². The van der Waals surface area contributed by atoms with E-state index in [0.29, 0.717) is 5.75 Å². The molecule has 186 valence electrons. The second-order valence-electron chi connectivity index (χ2n) is 8.70. The van der Waals surface area contributed by atoms with Crippen molar-refractivity contribution >= 4 is 5.97 Å². The molecule has 0 aromatic heterocycles. The molecule has 0 bridgehead atoms. The Balaban J connectivity index is 0.000000726. The molecule has 0 heterocycles. The van der Waals surface area contributed by atoms with E-state index in [4.69, 9.17) is 9.84 Å². The second-order valence-corrected chi connectivity index (χ2v) is 8.70. The molecule has 4 heteroatoms. The largest absolute Gasteiger partial charge is 0.482 e. The van der Waals surface area contributed by atoms with Gasteiger partial charge in [-0.1, -0.05) is 122 Å². The number of carboxylic acid groups (broad SMARTS) is 1. The molecular weight excluding hydrogens is 398 g/mol. The summed E-state index contributed by atoms with van der Waals surface area (Å²) in [6.45, 7) is 6.78. The Kier molecular flexibility index (Phi) is 24.5. The van der Waals surface area contributed by atoms with E-state index < -0.39 is 5.97 Å². The number of unbranched alkanes of at least 4 members (excludes halogenated alkanes) is 14. The predicted octanol–water partition coefficient (Wildman–Crippen LogP) is 8.01. The molecule has 1 rings (SSSR count). The molecule has 0 amide bonds. The third-order valence-corrected chi connectivity index (χ3v) is 5.52. The first-order valence-corrected chi connectivity index (χ1v) is 13.3. The third kappa shape index (κ3) is 24.7. The lowest BCUT2D eigenvalue weighted by atomic mass is 10.1. The molecule has 32 heavy (non-hydrogen) atoms. The van der Waals surface area contributed by atoms with E-state index in [1.54, 1.807) is 24.3 Å². The zero-order chi connectivity index (χ0) is 23.5. The quantitative estimate of drug-likeness (QED) is 0.187. The maximum Gasteiger partial charge on any atom is 0.341 e. The molecule has 0 radical (unpaired) electrons. The van der Waals surface area contributed by atoms with Gasteiger partial charge in [-0.2, -0.15) is 0 Å². The van der Waals surface area contributed by atoms with Crippen molar-refractivity contribution in [2.24, 2.45) is 0 Å². The molecule has 2 N–H and O–H groups in total. The Morgan fingerprint density at radius 3 is 1.50 bits per heavy atom. The highest BCUT2D eigenvalue weighted by Gasteiger charge is 1.96. The van der Waals surface area contributed by atoms with Gasteiger partial charge in [0.2, 0.25) is 0 Å². The van der Waals surface area contributed by atoms with Crippen LogP contribution in [0.2, 0.25) is 0 Å². The van der Waals surface area contributed by atoms with Crippen LogP contribution in [0.25, 0.3) is 0 Å². The van der Waals surface area contributed by atoms with Crippen LogP contribution in [0.1, 0.15) is 117 Å². The fraction of sp³-hybridized carbons (Fsp3) is 0.750. The lowest BCUT2D eigenvalue weighted by molar-refractivity contribution is -0.139. The smallest absolute Gasteiger partial charge is 0.341 e. The highest BCUT2D eigenvalue weighted by molar-refractivity contribution is 5.68. The van der Waals surface area contributed by atoms with Crippen LogP contribution in [0.3, 0.4) is 0 Å². The van der Waals surface area contributed by atoms with Gasteiger partial charge in [0.15, 0.2) is 6.61 Å². The van der Waals surface area contributed by atoms with Gasteiger partial charge in [0.1, 0.15) is 5.75 Å². The number of hydrogen-bond acceptors (Lipinski definition) is 3. The van der Waals surface area contributed by atoms with Gasteiger partial charge in [0.05, 0.1) is 0 Å². The van der Waals surface area contributed by atoms with E-state index in [1.165, 1.54) is 116 Å². The van der Waals surface area contributed by atoms with Crippen LogP contribution < -0.4 is 10.1 Å². The normalized spacial score (nSPS) is 10.4. The molecular formula is C28H51NO3. The van der Waals surface area contributed by atoms with Gasteiger partial charge >= 0.3 is 5.97 Å². The van der Waals surface area contributed by atoms with Gasteiger partial charge in [-0.05, 0) is 38.1 Å². The van der Waals surface area contributed by atoms with Crippen molar-refractivity contribution in [2.75, 3.05) is 19.7 Å². The van der Waals surface area contributed by atoms with Crippen molar-refractivity contribution in [3.8, 4) is 5.75 Å². The summed E-state index contributed by atoms with van der Waals surface area (Å²) in [5, 5.41) is 11.9. The summed E-state index contributed by atoms with van der Waals surface area (Å²) in [7, 11) is 0. The van der Waals surface area contributed by atoms with Crippen LogP contribution in [0, 0.1) is 0 Å². The van der Waals surface area contributed by atoms with Crippen LogP contribution in [0.15, 0.2) is 30.3 Å². The van der Waals surface area contributed by atoms with Crippen LogP contribution in [0.4, 0.5) is 0 Å². The van der Waals surface area contributed by atoms with E-state index in [0.717, 1.165) is 0 Å². The van der Waals surface area contributed by atoms with Crippen LogP contribution in [-0.2, 0) is 4.79 Å². The summed E-state index contributed by atoms with van der Waals surface area (Å²) in [5.74, 6) is -0.385. The average Bonchev–Trinajstić information content (AvgIpc) is 2.81. The number of rotatable bonds is 21. The van der Waals surface area contributed by atoms with E-state index in [9.17, 15) is 4.79 Å². The average molecular weight is 450 g/mol. The lowest BCUT2D eigenvalue weighted by Gasteiger charge is -2.05. The van der Waals surface area contributed by atoms with Gasteiger partial charge in [0, 0.05) is 0 Å². The highest BCUT2D eigenvalue weighted by atomic mass is 16.5. The monoisotopic (exact) mass is 449 g/mol. The van der Waals surface area contributed by atoms with Gasteiger partial charge in [-0.25, -0.2) is 4.79 Å². The molecule has 0 spiro atoms. The van der Waals surface area contributed by atoms with Gasteiger partial charge in [0.25, 0.3) is 0 Å². The Morgan fingerprint density at radius 1 is 0.688 bits per heavy atom. The Hall–Kier alpha value is -1.55. The maximum absolute atomic E-state index is 10.0. The summed E-state index contributed by atoms with van der Waals surface area (Å²) < 4.78 is 4.87. The summed E-state index contributed by atoms with van der Waals surface area (Å²) >= 11 is 0. The van der Waals surface area contributed by atoms with Gasteiger partial charge < -0.3 is 15.2 Å². The number of ether oxygens (including phenoxy) is 1.